The number of ether oxygens (including phenoxy) is 2. The van der Waals surface area contributed by atoms with Crippen LogP contribution in [0.5, 0.6) is 5.75 Å². The molecule has 3 aromatic carbocycles. The van der Waals surface area contributed by atoms with E-state index in [4.69, 9.17) is 4.74 Å². The van der Waals surface area contributed by atoms with E-state index >= 15 is 0 Å². The Hall–Kier alpha value is -2.72. The standard InChI is InChI=1S/C24H25O3S/c1-17-9-8-12-21(13-17)28(20-10-6-5-7-11-20)22-14-18(2)24(19(3)15-22)27-16-23(25)26-4/h5-15H,16H2,1-4H3/q+1. The number of hydrogen-bond donors (Lipinski definition) is 0. The van der Waals surface area contributed by atoms with Crippen LogP contribution in [0, 0.1) is 20.8 Å². The van der Waals surface area contributed by atoms with Gasteiger partial charge in [-0.2, -0.15) is 0 Å². The molecule has 1 unspecified atom stereocenters. The maximum Gasteiger partial charge on any atom is 0.343 e. The summed E-state index contributed by atoms with van der Waals surface area (Å²) in [7, 11) is 1.15. The van der Waals surface area contributed by atoms with Gasteiger partial charge in [-0.25, -0.2) is 4.79 Å². The minimum Gasteiger partial charge on any atom is -0.481 e. The third-order valence-corrected chi connectivity index (χ3v) is 6.61. The van der Waals surface area contributed by atoms with Crippen molar-refractivity contribution in [3.05, 3.63) is 83.4 Å². The van der Waals surface area contributed by atoms with Crippen molar-refractivity contribution in [2.75, 3.05) is 13.7 Å². The second kappa shape index (κ2) is 8.98. The van der Waals surface area contributed by atoms with E-state index in [1.54, 1.807) is 0 Å². The van der Waals surface area contributed by atoms with E-state index in [0.717, 1.165) is 16.9 Å². The molecule has 144 valence electrons. The summed E-state index contributed by atoms with van der Waals surface area (Å²) in [4.78, 5) is 15.2. The number of carbonyl (C=O) groups is 1. The first-order chi connectivity index (χ1) is 13.5. The van der Waals surface area contributed by atoms with Gasteiger partial charge in [-0.15, -0.1) is 0 Å². The van der Waals surface area contributed by atoms with E-state index in [-0.39, 0.29) is 23.5 Å². The third-order valence-electron chi connectivity index (χ3n) is 4.44. The number of aryl methyl sites for hydroxylation is 3. The Balaban J connectivity index is 2.05. The fraction of sp³-hybridized carbons (Fsp3) is 0.208. The number of carbonyl (C=O) groups excluding carboxylic acids is 1. The number of esters is 1. The smallest absolute Gasteiger partial charge is 0.343 e. The number of hydrogen-bond acceptors (Lipinski definition) is 3. The van der Waals surface area contributed by atoms with Crippen molar-refractivity contribution in [3.8, 4) is 5.75 Å². The van der Waals surface area contributed by atoms with Gasteiger partial charge in [0, 0.05) is 12.1 Å². The summed E-state index contributed by atoms with van der Waals surface area (Å²) in [6.07, 6.45) is 0. The quantitative estimate of drug-likeness (QED) is 0.423. The average Bonchev–Trinajstić information content (AvgIpc) is 2.68. The second-order valence-corrected chi connectivity index (χ2v) is 8.71. The molecule has 0 bridgehead atoms. The molecule has 3 nitrogen and oxygen atoms in total. The molecule has 0 radical (unpaired) electrons. The van der Waals surface area contributed by atoms with Gasteiger partial charge < -0.3 is 9.47 Å². The molecule has 4 heteroatoms. The molecule has 0 heterocycles. The highest BCUT2D eigenvalue weighted by Crippen LogP contribution is 2.35. The summed E-state index contributed by atoms with van der Waals surface area (Å²) in [5.41, 5.74) is 3.28. The van der Waals surface area contributed by atoms with Gasteiger partial charge in [0.25, 0.3) is 0 Å². The first kappa shape index (κ1) is 20.0. The van der Waals surface area contributed by atoms with Crippen molar-refractivity contribution in [3.63, 3.8) is 0 Å². The fourth-order valence-corrected chi connectivity index (χ4v) is 5.51. The molecule has 28 heavy (non-hydrogen) atoms. The normalized spacial score (nSPS) is 11.7. The summed E-state index contributed by atoms with van der Waals surface area (Å²) in [5.74, 6) is 0.363. The molecule has 0 fully saturated rings. The molecule has 3 aromatic rings. The van der Waals surface area contributed by atoms with E-state index in [2.05, 4.69) is 72.3 Å². The van der Waals surface area contributed by atoms with Gasteiger partial charge in [0.15, 0.2) is 21.3 Å². The zero-order valence-electron chi connectivity index (χ0n) is 16.7. The Morgan fingerprint density at radius 2 is 1.46 bits per heavy atom. The van der Waals surface area contributed by atoms with Crippen LogP contribution in [-0.2, 0) is 20.4 Å². The highest BCUT2D eigenvalue weighted by molar-refractivity contribution is 7.97. The molecule has 0 saturated carbocycles. The fourth-order valence-electron chi connectivity index (χ4n) is 3.15. The van der Waals surface area contributed by atoms with Gasteiger partial charge in [0.1, 0.15) is 5.75 Å². The molecule has 3 rings (SSSR count). The van der Waals surface area contributed by atoms with Crippen molar-refractivity contribution in [1.29, 1.82) is 0 Å². The van der Waals surface area contributed by atoms with Crippen molar-refractivity contribution in [2.45, 2.75) is 35.5 Å². The maximum absolute atomic E-state index is 11.4. The number of benzene rings is 3. The topological polar surface area (TPSA) is 35.5 Å². The predicted octanol–water partition coefficient (Wildman–Crippen LogP) is 5.26. The lowest BCUT2D eigenvalue weighted by Gasteiger charge is -2.14. The predicted molar refractivity (Wildman–Crippen MR) is 113 cm³/mol. The Bertz CT molecular complexity index is 944. The molecule has 0 N–H and O–H groups in total. The van der Waals surface area contributed by atoms with E-state index in [1.165, 1.54) is 27.4 Å². The molecule has 0 spiro atoms. The summed E-state index contributed by atoms with van der Waals surface area (Å²) in [6.45, 7) is 6.08. The van der Waals surface area contributed by atoms with Crippen LogP contribution >= 0.6 is 0 Å². The Labute approximate surface area is 169 Å². The average molecular weight is 394 g/mol. The largest absolute Gasteiger partial charge is 0.481 e. The molecule has 0 aliphatic carbocycles. The first-order valence-electron chi connectivity index (χ1n) is 9.16. The van der Waals surface area contributed by atoms with Crippen LogP contribution in [0.3, 0.4) is 0 Å². The minimum absolute atomic E-state index is 0.0835. The lowest BCUT2D eigenvalue weighted by Crippen LogP contribution is -2.14. The lowest BCUT2D eigenvalue weighted by molar-refractivity contribution is -0.142. The van der Waals surface area contributed by atoms with E-state index in [0.29, 0.717) is 0 Å². The van der Waals surface area contributed by atoms with Crippen molar-refractivity contribution in [2.24, 2.45) is 0 Å². The number of methoxy groups -OCH3 is 1. The van der Waals surface area contributed by atoms with Crippen LogP contribution in [0.15, 0.2) is 81.4 Å². The number of rotatable bonds is 6. The van der Waals surface area contributed by atoms with E-state index in [1.807, 2.05) is 19.9 Å². The Morgan fingerprint density at radius 1 is 0.821 bits per heavy atom. The van der Waals surface area contributed by atoms with E-state index in [9.17, 15) is 4.79 Å². The summed E-state index contributed by atoms with van der Waals surface area (Å²) < 4.78 is 10.4. The SMILES string of the molecule is COC(=O)COc1c(C)cc([S+](c2ccccc2)c2cccc(C)c2)cc1C. The summed E-state index contributed by atoms with van der Waals surface area (Å²) in [6, 6.07) is 23.6. The van der Waals surface area contributed by atoms with Crippen LogP contribution in [0.1, 0.15) is 16.7 Å². The highest BCUT2D eigenvalue weighted by atomic mass is 32.2. The van der Waals surface area contributed by atoms with Gasteiger partial charge in [0.05, 0.1) is 18.0 Å². The van der Waals surface area contributed by atoms with Crippen LogP contribution in [0.2, 0.25) is 0 Å². The van der Waals surface area contributed by atoms with E-state index < -0.39 is 0 Å². The zero-order valence-corrected chi connectivity index (χ0v) is 17.5. The van der Waals surface area contributed by atoms with Gasteiger partial charge >= 0.3 is 5.97 Å². The second-order valence-electron chi connectivity index (χ2n) is 6.69. The molecular formula is C24H25O3S+. The summed E-state index contributed by atoms with van der Waals surface area (Å²) >= 11 is 0. The van der Waals surface area contributed by atoms with Crippen LogP contribution in [0.25, 0.3) is 0 Å². The first-order valence-corrected chi connectivity index (χ1v) is 10.4. The van der Waals surface area contributed by atoms with Gasteiger partial charge in [0.2, 0.25) is 0 Å². The molecule has 0 aliphatic heterocycles. The van der Waals surface area contributed by atoms with Crippen molar-refractivity contribution >= 4 is 16.9 Å². The van der Waals surface area contributed by atoms with Gasteiger partial charge in [-0.1, -0.05) is 30.3 Å². The molecular weight excluding hydrogens is 368 g/mol. The van der Waals surface area contributed by atoms with Crippen LogP contribution in [0.4, 0.5) is 0 Å². The maximum atomic E-state index is 11.4. The lowest BCUT2D eigenvalue weighted by atomic mass is 10.1. The molecule has 0 amide bonds. The van der Waals surface area contributed by atoms with Crippen LogP contribution < -0.4 is 4.74 Å². The Morgan fingerprint density at radius 3 is 2.07 bits per heavy atom. The monoisotopic (exact) mass is 393 g/mol. The van der Waals surface area contributed by atoms with Crippen LogP contribution in [-0.4, -0.2) is 19.7 Å². The minimum atomic E-state index is -0.383. The zero-order chi connectivity index (χ0) is 20.1. The van der Waals surface area contributed by atoms with Gasteiger partial charge in [-0.05, 0) is 61.7 Å². The highest BCUT2D eigenvalue weighted by Gasteiger charge is 2.30. The Kier molecular flexibility index (Phi) is 6.42. The van der Waals surface area contributed by atoms with Crippen molar-refractivity contribution in [1.82, 2.24) is 0 Å². The molecule has 0 aliphatic rings. The third kappa shape index (κ3) is 4.57. The van der Waals surface area contributed by atoms with Crippen molar-refractivity contribution < 1.29 is 14.3 Å². The molecule has 1 atom stereocenters. The summed E-state index contributed by atoms with van der Waals surface area (Å²) in [5, 5.41) is 0. The van der Waals surface area contributed by atoms with Gasteiger partial charge in [-0.3, -0.25) is 0 Å². The molecule has 0 aromatic heterocycles. The molecule has 0 saturated heterocycles.